The number of amides is 2. The lowest BCUT2D eigenvalue weighted by atomic mass is 9.98. The van der Waals surface area contributed by atoms with Crippen LogP contribution in [-0.2, 0) is 11.2 Å². The molecule has 0 unspecified atom stereocenters. The van der Waals surface area contributed by atoms with Crippen LogP contribution in [0.2, 0.25) is 0 Å². The van der Waals surface area contributed by atoms with E-state index in [9.17, 15) is 9.59 Å². The van der Waals surface area contributed by atoms with E-state index >= 15 is 0 Å². The summed E-state index contributed by atoms with van der Waals surface area (Å²) in [6, 6.07) is 23.1. The van der Waals surface area contributed by atoms with Gasteiger partial charge in [-0.15, -0.1) is 0 Å². The van der Waals surface area contributed by atoms with E-state index in [1.54, 1.807) is 29.2 Å². The number of carbonyl (C=O) groups excluding carboxylic acids is 2. The van der Waals surface area contributed by atoms with Gasteiger partial charge in [-0.25, -0.2) is 0 Å². The number of rotatable bonds is 6. The van der Waals surface area contributed by atoms with E-state index in [1.165, 1.54) is 12.8 Å². The van der Waals surface area contributed by atoms with Crippen molar-refractivity contribution >= 4 is 28.9 Å². The molecule has 1 fully saturated rings. The third-order valence-corrected chi connectivity index (χ3v) is 6.70. The fourth-order valence-corrected chi connectivity index (χ4v) is 4.45. The zero-order chi connectivity index (χ0) is 24.1. The van der Waals surface area contributed by atoms with Crippen LogP contribution in [0.25, 0.3) is 0 Å². The van der Waals surface area contributed by atoms with E-state index in [-0.39, 0.29) is 11.8 Å². The fraction of sp³-hybridized carbons (Fsp3) is 0.310. The maximum Gasteiger partial charge on any atom is 0.258 e. The van der Waals surface area contributed by atoms with Crippen molar-refractivity contribution in [1.29, 1.82) is 0 Å². The summed E-state index contributed by atoms with van der Waals surface area (Å²) < 4.78 is 0. The SMILES string of the molecule is Cc1ccccc1CC(=O)Nc1ccc(C(=O)N(C)c2ccccc2N2CCC(C)CC2)cc1. The molecule has 0 saturated carbocycles. The molecule has 176 valence electrons. The van der Waals surface area contributed by atoms with Crippen molar-refractivity contribution in [3.05, 3.63) is 89.5 Å². The lowest BCUT2D eigenvalue weighted by Crippen LogP contribution is -2.35. The van der Waals surface area contributed by atoms with Crippen molar-refractivity contribution in [1.82, 2.24) is 0 Å². The van der Waals surface area contributed by atoms with E-state index in [2.05, 4.69) is 23.2 Å². The highest BCUT2D eigenvalue weighted by atomic mass is 16.2. The van der Waals surface area contributed by atoms with Gasteiger partial charge in [0.2, 0.25) is 5.91 Å². The topological polar surface area (TPSA) is 52.7 Å². The predicted octanol–water partition coefficient (Wildman–Crippen LogP) is 5.69. The van der Waals surface area contributed by atoms with E-state index in [0.717, 1.165) is 41.5 Å². The van der Waals surface area contributed by atoms with Crippen LogP contribution in [0, 0.1) is 12.8 Å². The molecule has 3 aromatic rings. The van der Waals surface area contributed by atoms with Crippen LogP contribution in [0.1, 0.15) is 41.3 Å². The summed E-state index contributed by atoms with van der Waals surface area (Å²) in [5.74, 6) is 0.601. The van der Waals surface area contributed by atoms with Gasteiger partial charge in [0.15, 0.2) is 0 Å². The van der Waals surface area contributed by atoms with Crippen LogP contribution in [0.4, 0.5) is 17.1 Å². The van der Waals surface area contributed by atoms with Crippen LogP contribution in [0.15, 0.2) is 72.8 Å². The summed E-state index contributed by atoms with van der Waals surface area (Å²) in [5.41, 5.74) is 5.39. The zero-order valence-electron chi connectivity index (χ0n) is 20.3. The average molecular weight is 456 g/mol. The summed E-state index contributed by atoms with van der Waals surface area (Å²) in [4.78, 5) is 29.8. The van der Waals surface area contributed by atoms with Gasteiger partial charge in [-0.3, -0.25) is 9.59 Å². The molecule has 0 bridgehead atoms. The first-order valence-electron chi connectivity index (χ1n) is 12.0. The predicted molar refractivity (Wildman–Crippen MR) is 140 cm³/mol. The smallest absolute Gasteiger partial charge is 0.258 e. The maximum absolute atomic E-state index is 13.3. The molecule has 0 aliphatic carbocycles. The van der Waals surface area contributed by atoms with Crippen LogP contribution in [0.3, 0.4) is 0 Å². The van der Waals surface area contributed by atoms with E-state index in [1.807, 2.05) is 56.4 Å². The van der Waals surface area contributed by atoms with E-state index in [4.69, 9.17) is 0 Å². The number of nitrogens with one attached hydrogen (secondary N) is 1. The Morgan fingerprint density at radius 1 is 0.941 bits per heavy atom. The van der Waals surface area contributed by atoms with Gasteiger partial charge in [-0.05, 0) is 73.2 Å². The van der Waals surface area contributed by atoms with E-state index in [0.29, 0.717) is 17.7 Å². The van der Waals surface area contributed by atoms with Gasteiger partial charge in [0, 0.05) is 31.4 Å². The molecule has 1 aliphatic rings. The Hall–Kier alpha value is -3.60. The highest BCUT2D eigenvalue weighted by Crippen LogP contribution is 2.32. The summed E-state index contributed by atoms with van der Waals surface area (Å²) in [5, 5.41) is 2.93. The Morgan fingerprint density at radius 2 is 1.59 bits per heavy atom. The minimum Gasteiger partial charge on any atom is -0.370 e. The maximum atomic E-state index is 13.3. The number of anilines is 3. The molecule has 2 amide bonds. The number of hydrogen-bond acceptors (Lipinski definition) is 3. The molecule has 1 heterocycles. The minimum atomic E-state index is -0.0738. The molecule has 0 radical (unpaired) electrons. The molecule has 3 aromatic carbocycles. The molecule has 1 aliphatic heterocycles. The molecule has 5 heteroatoms. The van der Waals surface area contributed by atoms with Gasteiger partial charge < -0.3 is 15.1 Å². The summed E-state index contributed by atoms with van der Waals surface area (Å²) in [6.07, 6.45) is 2.66. The van der Waals surface area contributed by atoms with Gasteiger partial charge in [-0.2, -0.15) is 0 Å². The molecule has 5 nitrogen and oxygen atoms in total. The standard InChI is InChI=1S/C29H33N3O2/c1-21-16-18-32(19-17-21)27-11-7-6-10-26(27)31(3)29(34)23-12-14-25(15-13-23)30-28(33)20-24-9-5-4-8-22(24)2/h4-15,21H,16-20H2,1-3H3,(H,30,33). The van der Waals surface area contributed by atoms with Crippen LogP contribution in [0.5, 0.6) is 0 Å². The second-order valence-electron chi connectivity index (χ2n) is 9.25. The lowest BCUT2D eigenvalue weighted by molar-refractivity contribution is -0.115. The minimum absolute atomic E-state index is 0.0735. The molecule has 0 aromatic heterocycles. The highest BCUT2D eigenvalue weighted by Gasteiger charge is 2.22. The Labute approximate surface area is 202 Å². The van der Waals surface area contributed by atoms with Gasteiger partial charge in [0.1, 0.15) is 0 Å². The fourth-order valence-electron chi connectivity index (χ4n) is 4.45. The monoisotopic (exact) mass is 455 g/mol. The number of para-hydroxylation sites is 2. The van der Waals surface area contributed by atoms with Crippen LogP contribution < -0.4 is 15.1 Å². The zero-order valence-corrected chi connectivity index (χ0v) is 20.3. The van der Waals surface area contributed by atoms with Crippen molar-refractivity contribution in [3.63, 3.8) is 0 Å². The van der Waals surface area contributed by atoms with Crippen molar-refractivity contribution in [3.8, 4) is 0 Å². The van der Waals surface area contributed by atoms with Crippen molar-refractivity contribution in [2.24, 2.45) is 5.92 Å². The largest absolute Gasteiger partial charge is 0.370 e. The van der Waals surface area contributed by atoms with Crippen molar-refractivity contribution in [2.45, 2.75) is 33.1 Å². The summed E-state index contributed by atoms with van der Waals surface area (Å²) in [6.45, 7) is 6.32. The molecule has 0 spiro atoms. The Kier molecular flexibility index (Phi) is 7.31. The number of hydrogen-bond donors (Lipinski definition) is 1. The normalized spacial score (nSPS) is 14.0. The Balaban J connectivity index is 1.43. The first kappa shape index (κ1) is 23.6. The molecule has 1 N–H and O–H groups in total. The average Bonchev–Trinajstić information content (AvgIpc) is 2.85. The van der Waals surface area contributed by atoms with Gasteiger partial charge in [0.25, 0.3) is 5.91 Å². The number of benzene rings is 3. The quantitative estimate of drug-likeness (QED) is 0.520. The van der Waals surface area contributed by atoms with Gasteiger partial charge in [-0.1, -0.05) is 43.3 Å². The molecular formula is C29H33N3O2. The van der Waals surface area contributed by atoms with Crippen LogP contribution >= 0.6 is 0 Å². The molecule has 1 saturated heterocycles. The van der Waals surface area contributed by atoms with E-state index < -0.39 is 0 Å². The van der Waals surface area contributed by atoms with Crippen molar-refractivity contribution in [2.75, 3.05) is 35.3 Å². The number of aryl methyl sites for hydroxylation is 1. The first-order valence-corrected chi connectivity index (χ1v) is 12.0. The highest BCUT2D eigenvalue weighted by molar-refractivity contribution is 6.07. The lowest BCUT2D eigenvalue weighted by Gasteiger charge is -2.34. The second kappa shape index (κ2) is 10.6. The molecule has 0 atom stereocenters. The second-order valence-corrected chi connectivity index (χ2v) is 9.25. The number of carbonyl (C=O) groups is 2. The van der Waals surface area contributed by atoms with Gasteiger partial charge >= 0.3 is 0 Å². The molecular weight excluding hydrogens is 422 g/mol. The first-order chi connectivity index (χ1) is 16.4. The van der Waals surface area contributed by atoms with Gasteiger partial charge in [0.05, 0.1) is 17.8 Å². The number of nitrogens with zero attached hydrogens (tertiary/aromatic N) is 2. The summed E-state index contributed by atoms with van der Waals surface area (Å²) in [7, 11) is 1.83. The third-order valence-electron chi connectivity index (χ3n) is 6.70. The Bertz CT molecular complexity index is 1150. The van der Waals surface area contributed by atoms with Crippen molar-refractivity contribution < 1.29 is 9.59 Å². The molecule has 4 rings (SSSR count). The summed E-state index contributed by atoms with van der Waals surface area (Å²) >= 11 is 0. The Morgan fingerprint density at radius 3 is 2.29 bits per heavy atom. The third kappa shape index (κ3) is 5.48. The molecule has 34 heavy (non-hydrogen) atoms. The number of piperidine rings is 1. The van der Waals surface area contributed by atoms with Crippen LogP contribution in [-0.4, -0.2) is 32.0 Å².